The van der Waals surface area contributed by atoms with Crippen LogP contribution < -0.4 is 5.32 Å². The van der Waals surface area contributed by atoms with Crippen LogP contribution in [0.25, 0.3) is 0 Å². The van der Waals surface area contributed by atoms with E-state index in [1.54, 1.807) is 6.92 Å². The Bertz CT molecular complexity index is 144. The lowest BCUT2D eigenvalue weighted by molar-refractivity contribution is 0.0596. The van der Waals surface area contributed by atoms with Gasteiger partial charge in [-0.25, -0.2) is 8.78 Å². The lowest BCUT2D eigenvalue weighted by atomic mass is 10.1. The first-order valence-corrected chi connectivity index (χ1v) is 5.51. The van der Waals surface area contributed by atoms with Crippen molar-refractivity contribution >= 4 is 11.8 Å². The summed E-state index contributed by atoms with van der Waals surface area (Å²) in [7, 11) is 0. The first kappa shape index (κ1) is 13.1. The molecule has 13 heavy (non-hydrogen) atoms. The maximum Gasteiger partial charge on any atom is 0.253 e. The highest BCUT2D eigenvalue weighted by atomic mass is 32.2. The summed E-state index contributed by atoms with van der Waals surface area (Å²) in [6, 6.07) is -0.867. The Morgan fingerprint density at radius 3 is 2.46 bits per heavy atom. The lowest BCUT2D eigenvalue weighted by Crippen LogP contribution is -2.45. The van der Waals surface area contributed by atoms with Gasteiger partial charge in [-0.3, -0.25) is 0 Å². The third-order valence-electron chi connectivity index (χ3n) is 1.64. The van der Waals surface area contributed by atoms with E-state index in [0.29, 0.717) is 5.75 Å². The molecule has 0 aliphatic rings. The summed E-state index contributed by atoms with van der Waals surface area (Å²) >= 11 is 1.49. The summed E-state index contributed by atoms with van der Waals surface area (Å²) in [6.07, 6.45) is -0.518. The molecule has 0 aliphatic heterocycles. The van der Waals surface area contributed by atoms with Crippen molar-refractivity contribution < 1.29 is 13.9 Å². The van der Waals surface area contributed by atoms with Crippen LogP contribution in [0.1, 0.15) is 13.8 Å². The zero-order chi connectivity index (χ0) is 10.5. The van der Waals surface area contributed by atoms with Crippen molar-refractivity contribution in [3.63, 3.8) is 0 Å². The topological polar surface area (TPSA) is 32.3 Å². The van der Waals surface area contributed by atoms with E-state index < -0.39 is 18.1 Å². The van der Waals surface area contributed by atoms with Crippen molar-refractivity contribution in [2.45, 2.75) is 31.9 Å². The monoisotopic (exact) mass is 213 g/mol. The molecule has 2 N–H and O–H groups in total. The van der Waals surface area contributed by atoms with Crippen LogP contribution in [0.4, 0.5) is 8.78 Å². The molecule has 0 fully saturated rings. The Balaban J connectivity index is 3.73. The Morgan fingerprint density at radius 1 is 1.54 bits per heavy atom. The predicted octanol–water partition coefficient (Wildman–Crippen LogP) is 1.34. The molecule has 0 aromatic heterocycles. The van der Waals surface area contributed by atoms with Crippen molar-refractivity contribution in [1.29, 1.82) is 0 Å². The first-order valence-electron chi connectivity index (χ1n) is 4.12. The fourth-order valence-corrected chi connectivity index (χ4v) is 1.56. The summed E-state index contributed by atoms with van der Waals surface area (Å²) in [5.41, 5.74) is -0.914. The van der Waals surface area contributed by atoms with Gasteiger partial charge in [0, 0.05) is 12.3 Å². The summed E-state index contributed by atoms with van der Waals surface area (Å²) in [5.74, 6) is 0.538. The Morgan fingerprint density at radius 2 is 2.08 bits per heavy atom. The number of thioether (sulfide) groups is 1. The number of hydrogen-bond acceptors (Lipinski definition) is 3. The molecule has 5 heteroatoms. The molecule has 2 unspecified atom stereocenters. The molecule has 0 aliphatic carbocycles. The quantitative estimate of drug-likeness (QED) is 0.698. The Hall–Kier alpha value is 0.130. The van der Waals surface area contributed by atoms with Gasteiger partial charge in [0.25, 0.3) is 6.43 Å². The zero-order valence-electron chi connectivity index (χ0n) is 8.18. The molecule has 0 bridgehead atoms. The molecule has 0 aromatic rings. The molecular weight excluding hydrogens is 196 g/mol. The molecule has 0 amide bonds. The average Bonchev–Trinajstić information content (AvgIpc) is 2.00. The van der Waals surface area contributed by atoms with Crippen molar-refractivity contribution in [2.24, 2.45) is 0 Å². The van der Waals surface area contributed by atoms with E-state index in [4.69, 9.17) is 0 Å². The minimum atomic E-state index is -2.38. The smallest absolute Gasteiger partial charge is 0.253 e. The number of nitrogens with one attached hydrogen (secondary N) is 1. The highest BCUT2D eigenvalue weighted by molar-refractivity contribution is 7.98. The molecule has 0 spiro atoms. The largest absolute Gasteiger partial charge is 0.388 e. The van der Waals surface area contributed by atoms with Gasteiger partial charge >= 0.3 is 0 Å². The van der Waals surface area contributed by atoms with Crippen LogP contribution in [0.2, 0.25) is 0 Å². The van der Waals surface area contributed by atoms with Gasteiger partial charge in [0.15, 0.2) is 0 Å². The number of rotatable bonds is 6. The maximum atomic E-state index is 12.0. The van der Waals surface area contributed by atoms with Crippen LogP contribution in [0.5, 0.6) is 0 Å². The van der Waals surface area contributed by atoms with Gasteiger partial charge in [-0.05, 0) is 20.1 Å². The van der Waals surface area contributed by atoms with Gasteiger partial charge in [-0.2, -0.15) is 11.8 Å². The number of halogens is 2. The van der Waals surface area contributed by atoms with Crippen LogP contribution in [-0.2, 0) is 0 Å². The molecule has 80 valence electrons. The van der Waals surface area contributed by atoms with E-state index in [-0.39, 0.29) is 6.54 Å². The Kier molecular flexibility index (Phi) is 5.83. The van der Waals surface area contributed by atoms with Crippen molar-refractivity contribution in [2.75, 3.05) is 18.6 Å². The van der Waals surface area contributed by atoms with Gasteiger partial charge in [0.1, 0.15) is 0 Å². The van der Waals surface area contributed by atoms with Crippen LogP contribution in [-0.4, -0.2) is 41.7 Å². The fraction of sp³-hybridized carbons (Fsp3) is 1.00. The van der Waals surface area contributed by atoms with Gasteiger partial charge in [-0.15, -0.1) is 0 Å². The van der Waals surface area contributed by atoms with E-state index in [9.17, 15) is 13.9 Å². The highest BCUT2D eigenvalue weighted by Crippen LogP contribution is 2.10. The lowest BCUT2D eigenvalue weighted by Gasteiger charge is -2.24. The normalized spacial score (nSPS) is 18.7. The van der Waals surface area contributed by atoms with Gasteiger partial charge in [0.05, 0.1) is 11.6 Å². The predicted molar refractivity (Wildman–Crippen MR) is 52.5 cm³/mol. The SMILES string of the molecule is CSCC(C)(O)CNC(C)C(F)F. The molecule has 0 radical (unpaired) electrons. The van der Waals surface area contributed by atoms with E-state index in [1.165, 1.54) is 18.7 Å². The highest BCUT2D eigenvalue weighted by Gasteiger charge is 2.22. The van der Waals surface area contributed by atoms with Crippen LogP contribution in [0.3, 0.4) is 0 Å². The molecule has 0 saturated carbocycles. The molecule has 2 atom stereocenters. The van der Waals surface area contributed by atoms with E-state index >= 15 is 0 Å². The zero-order valence-corrected chi connectivity index (χ0v) is 9.00. The molecule has 2 nitrogen and oxygen atoms in total. The second-order valence-corrected chi connectivity index (χ2v) is 4.30. The van der Waals surface area contributed by atoms with Crippen LogP contribution in [0.15, 0.2) is 0 Å². The minimum Gasteiger partial charge on any atom is -0.388 e. The maximum absolute atomic E-state index is 12.0. The molecular formula is C8H17F2NOS. The van der Waals surface area contributed by atoms with Crippen molar-refractivity contribution in [3.05, 3.63) is 0 Å². The molecule has 0 aromatic carbocycles. The number of alkyl halides is 2. The minimum absolute atomic E-state index is 0.194. The van der Waals surface area contributed by atoms with E-state index in [1.807, 2.05) is 6.26 Å². The molecule has 0 heterocycles. The summed E-state index contributed by atoms with van der Waals surface area (Å²) < 4.78 is 24.1. The van der Waals surface area contributed by atoms with Gasteiger partial charge < -0.3 is 10.4 Å². The number of aliphatic hydroxyl groups is 1. The molecule has 0 rings (SSSR count). The second-order valence-electron chi connectivity index (χ2n) is 3.43. The average molecular weight is 213 g/mol. The fourth-order valence-electron chi connectivity index (χ4n) is 0.832. The third-order valence-corrected chi connectivity index (χ3v) is 2.55. The van der Waals surface area contributed by atoms with E-state index in [2.05, 4.69) is 5.32 Å². The van der Waals surface area contributed by atoms with Crippen molar-refractivity contribution in [1.82, 2.24) is 5.32 Å². The summed E-state index contributed by atoms with van der Waals surface area (Å²) in [4.78, 5) is 0. The van der Waals surface area contributed by atoms with Crippen molar-refractivity contribution in [3.8, 4) is 0 Å². The molecule has 0 saturated heterocycles. The Labute approximate surface area is 82.1 Å². The van der Waals surface area contributed by atoms with Crippen LogP contribution >= 0.6 is 11.8 Å². The summed E-state index contributed by atoms with van der Waals surface area (Å²) in [6.45, 7) is 3.23. The number of hydrogen-bond donors (Lipinski definition) is 2. The van der Waals surface area contributed by atoms with Gasteiger partial charge in [0.2, 0.25) is 0 Å². The standard InChI is InChI=1S/C8H17F2NOS/c1-6(7(9)10)11-4-8(2,12)5-13-3/h6-7,11-12H,4-5H2,1-3H3. The van der Waals surface area contributed by atoms with E-state index in [0.717, 1.165) is 0 Å². The third kappa shape index (κ3) is 6.23. The van der Waals surface area contributed by atoms with Crippen LogP contribution in [0, 0.1) is 0 Å². The summed E-state index contributed by atoms with van der Waals surface area (Å²) in [5, 5.41) is 12.2. The van der Waals surface area contributed by atoms with Gasteiger partial charge in [-0.1, -0.05) is 0 Å². The first-order chi connectivity index (χ1) is 5.89. The second kappa shape index (κ2) is 5.78.